The lowest BCUT2D eigenvalue weighted by atomic mass is 10.2. The first-order valence-electron chi connectivity index (χ1n) is 6.35. The third-order valence-corrected chi connectivity index (χ3v) is 3.60. The van der Waals surface area contributed by atoms with E-state index in [9.17, 15) is 9.59 Å². The Labute approximate surface area is 145 Å². The van der Waals surface area contributed by atoms with Gasteiger partial charge < -0.3 is 15.7 Å². The summed E-state index contributed by atoms with van der Waals surface area (Å²) in [4.78, 5) is 30.9. The number of carbonyl (C=O) groups excluding carboxylic acids is 1. The third kappa shape index (κ3) is 6.66. The van der Waals surface area contributed by atoms with Gasteiger partial charge in [0.25, 0.3) is 5.91 Å². The molecular weight excluding hydrogens is 386 g/mol. The van der Waals surface area contributed by atoms with Crippen LogP contribution in [0.3, 0.4) is 0 Å². The summed E-state index contributed by atoms with van der Waals surface area (Å²) in [7, 11) is 0. The van der Waals surface area contributed by atoms with Crippen molar-refractivity contribution in [3.63, 3.8) is 0 Å². The SMILES string of the molecule is CSCCC(NC(=O)/C(C#N)=C\Nc1ncc(Br)cn1)C(=O)O. The summed E-state index contributed by atoms with van der Waals surface area (Å²) in [6.07, 6.45) is 6.23. The molecule has 1 amide bonds. The van der Waals surface area contributed by atoms with E-state index < -0.39 is 17.9 Å². The molecule has 0 saturated heterocycles. The standard InChI is InChI=1S/C13H14BrN5O3S/c1-23-3-2-10(12(21)22)19-11(20)8(4-15)5-16-13-17-6-9(14)7-18-13/h5-7,10H,2-3H2,1H3,(H,19,20)(H,21,22)(H,16,17,18)/b8-5-. The van der Waals surface area contributed by atoms with Crippen LogP contribution in [0.4, 0.5) is 5.95 Å². The second-order valence-electron chi connectivity index (χ2n) is 4.18. The van der Waals surface area contributed by atoms with Crippen LogP contribution in [0, 0.1) is 11.3 Å². The lowest BCUT2D eigenvalue weighted by Gasteiger charge is -2.13. The van der Waals surface area contributed by atoms with Gasteiger partial charge in [-0.05, 0) is 34.4 Å². The normalized spacial score (nSPS) is 12.1. The summed E-state index contributed by atoms with van der Waals surface area (Å²) < 4.78 is 0.684. The number of carboxylic acids is 1. The summed E-state index contributed by atoms with van der Waals surface area (Å²) in [5.74, 6) is -1.14. The van der Waals surface area contributed by atoms with Crippen LogP contribution in [0.15, 0.2) is 28.6 Å². The second-order valence-corrected chi connectivity index (χ2v) is 6.09. The Hall–Kier alpha value is -2.12. The number of thioether (sulfide) groups is 1. The van der Waals surface area contributed by atoms with Crippen LogP contribution in [0.5, 0.6) is 0 Å². The number of hydrogen-bond acceptors (Lipinski definition) is 7. The largest absolute Gasteiger partial charge is 0.480 e. The first-order valence-corrected chi connectivity index (χ1v) is 8.53. The molecule has 3 N–H and O–H groups in total. The number of nitriles is 1. The molecule has 0 aromatic carbocycles. The molecule has 10 heteroatoms. The molecule has 23 heavy (non-hydrogen) atoms. The van der Waals surface area contributed by atoms with Gasteiger partial charge in [0.1, 0.15) is 17.7 Å². The molecule has 0 aliphatic heterocycles. The van der Waals surface area contributed by atoms with Gasteiger partial charge in [-0.1, -0.05) is 0 Å². The van der Waals surface area contributed by atoms with Crippen LogP contribution in [-0.2, 0) is 9.59 Å². The van der Waals surface area contributed by atoms with Gasteiger partial charge in [0, 0.05) is 18.6 Å². The summed E-state index contributed by atoms with van der Waals surface area (Å²) >= 11 is 4.65. The zero-order chi connectivity index (χ0) is 17.2. The van der Waals surface area contributed by atoms with Gasteiger partial charge in [0.15, 0.2) is 0 Å². The molecule has 0 aliphatic carbocycles. The summed E-state index contributed by atoms with van der Waals surface area (Å²) in [5.41, 5.74) is -0.271. The highest BCUT2D eigenvalue weighted by Crippen LogP contribution is 2.07. The highest BCUT2D eigenvalue weighted by molar-refractivity contribution is 9.10. The van der Waals surface area contributed by atoms with Crippen LogP contribution in [0.25, 0.3) is 0 Å². The lowest BCUT2D eigenvalue weighted by Crippen LogP contribution is -2.41. The Morgan fingerprint density at radius 2 is 2.17 bits per heavy atom. The Kier molecular flexibility index (Phi) is 8.07. The topological polar surface area (TPSA) is 128 Å². The summed E-state index contributed by atoms with van der Waals surface area (Å²) in [5, 5.41) is 23.0. The van der Waals surface area contributed by atoms with E-state index in [1.54, 1.807) is 6.07 Å². The van der Waals surface area contributed by atoms with Crippen molar-refractivity contribution in [2.24, 2.45) is 0 Å². The molecule has 1 rings (SSSR count). The van der Waals surface area contributed by atoms with Gasteiger partial charge in [-0.2, -0.15) is 17.0 Å². The van der Waals surface area contributed by atoms with Gasteiger partial charge in [-0.15, -0.1) is 0 Å². The molecular formula is C13H14BrN5O3S. The number of halogens is 1. The molecule has 0 fully saturated rings. The summed E-state index contributed by atoms with van der Waals surface area (Å²) in [6, 6.07) is 0.662. The Morgan fingerprint density at radius 1 is 1.52 bits per heavy atom. The van der Waals surface area contributed by atoms with Gasteiger partial charge >= 0.3 is 5.97 Å². The first kappa shape index (κ1) is 18.9. The smallest absolute Gasteiger partial charge is 0.326 e. The molecule has 1 atom stereocenters. The predicted octanol–water partition coefficient (Wildman–Crippen LogP) is 1.38. The highest BCUT2D eigenvalue weighted by Gasteiger charge is 2.21. The predicted molar refractivity (Wildman–Crippen MR) is 89.6 cm³/mol. The molecule has 0 aliphatic rings. The molecule has 1 aromatic rings. The van der Waals surface area contributed by atoms with Crippen molar-refractivity contribution >= 4 is 45.5 Å². The molecule has 0 spiro atoms. The zero-order valence-electron chi connectivity index (χ0n) is 12.1. The number of aliphatic carboxylic acids is 1. The number of anilines is 1. The minimum atomic E-state index is -1.14. The fourth-order valence-corrected chi connectivity index (χ4v) is 2.08. The average molecular weight is 400 g/mol. The van der Waals surface area contributed by atoms with Crippen LogP contribution >= 0.6 is 27.7 Å². The van der Waals surface area contributed by atoms with Crippen LogP contribution < -0.4 is 10.6 Å². The lowest BCUT2D eigenvalue weighted by molar-refractivity contribution is -0.141. The van der Waals surface area contributed by atoms with Crippen molar-refractivity contribution in [1.29, 1.82) is 5.26 Å². The van der Waals surface area contributed by atoms with Crippen LogP contribution in [0.2, 0.25) is 0 Å². The minimum absolute atomic E-state index is 0.200. The van der Waals surface area contributed by atoms with E-state index in [2.05, 4.69) is 36.5 Å². The molecule has 0 saturated carbocycles. The number of carboxylic acid groups (broad SMARTS) is 1. The number of nitrogens with one attached hydrogen (secondary N) is 2. The maximum Gasteiger partial charge on any atom is 0.326 e. The van der Waals surface area contributed by atoms with Crippen molar-refractivity contribution in [3.05, 3.63) is 28.6 Å². The maximum atomic E-state index is 12.0. The van der Waals surface area contributed by atoms with Gasteiger partial charge in [-0.25, -0.2) is 14.8 Å². The van der Waals surface area contributed by atoms with Crippen molar-refractivity contribution in [1.82, 2.24) is 15.3 Å². The molecule has 122 valence electrons. The zero-order valence-corrected chi connectivity index (χ0v) is 14.5. The minimum Gasteiger partial charge on any atom is -0.480 e. The maximum absolute atomic E-state index is 12.0. The van der Waals surface area contributed by atoms with Crippen LogP contribution in [0.1, 0.15) is 6.42 Å². The van der Waals surface area contributed by atoms with Crippen molar-refractivity contribution in [3.8, 4) is 6.07 Å². The Morgan fingerprint density at radius 3 is 2.70 bits per heavy atom. The quantitative estimate of drug-likeness (QED) is 0.441. The monoisotopic (exact) mass is 399 g/mol. The van der Waals surface area contributed by atoms with E-state index in [-0.39, 0.29) is 17.9 Å². The van der Waals surface area contributed by atoms with E-state index >= 15 is 0 Å². The van der Waals surface area contributed by atoms with Crippen LogP contribution in [-0.4, -0.2) is 45.0 Å². The Bertz CT molecular complexity index is 629. The fourth-order valence-electron chi connectivity index (χ4n) is 1.40. The number of aromatic nitrogens is 2. The number of rotatable bonds is 8. The third-order valence-electron chi connectivity index (χ3n) is 2.55. The van der Waals surface area contributed by atoms with Gasteiger partial charge in [0.05, 0.1) is 4.47 Å². The molecule has 1 heterocycles. The number of amides is 1. The fraction of sp³-hybridized carbons (Fsp3) is 0.308. The van der Waals surface area contributed by atoms with E-state index in [0.717, 1.165) is 6.20 Å². The average Bonchev–Trinajstić information content (AvgIpc) is 2.53. The van der Waals surface area contributed by atoms with Gasteiger partial charge in [0.2, 0.25) is 5.95 Å². The number of nitrogens with zero attached hydrogens (tertiary/aromatic N) is 3. The molecule has 0 bridgehead atoms. The van der Waals surface area contributed by atoms with E-state index in [1.807, 2.05) is 6.26 Å². The molecule has 0 radical (unpaired) electrons. The second kappa shape index (κ2) is 9.81. The number of carbonyl (C=O) groups is 2. The molecule has 8 nitrogen and oxygen atoms in total. The van der Waals surface area contributed by atoms with E-state index in [0.29, 0.717) is 10.2 Å². The van der Waals surface area contributed by atoms with Crippen molar-refractivity contribution < 1.29 is 14.7 Å². The van der Waals surface area contributed by atoms with Crippen molar-refractivity contribution in [2.75, 3.05) is 17.3 Å². The van der Waals surface area contributed by atoms with E-state index in [1.165, 1.54) is 24.2 Å². The summed E-state index contributed by atoms with van der Waals surface area (Å²) in [6.45, 7) is 0. The van der Waals surface area contributed by atoms with Crippen molar-refractivity contribution in [2.45, 2.75) is 12.5 Å². The highest BCUT2D eigenvalue weighted by atomic mass is 79.9. The van der Waals surface area contributed by atoms with E-state index in [4.69, 9.17) is 10.4 Å². The first-order chi connectivity index (χ1) is 11.0. The molecule has 1 aromatic heterocycles. The molecule has 1 unspecified atom stereocenters. The number of hydrogen-bond donors (Lipinski definition) is 3. The van der Waals surface area contributed by atoms with Gasteiger partial charge in [-0.3, -0.25) is 4.79 Å². The Balaban J connectivity index is 2.73.